The number of aryl methyl sites for hydroxylation is 2. The van der Waals surface area contributed by atoms with Gasteiger partial charge in [-0.3, -0.25) is 0 Å². The summed E-state index contributed by atoms with van der Waals surface area (Å²) in [7, 11) is 0. The third-order valence-electron chi connectivity index (χ3n) is 2.44. The van der Waals surface area contributed by atoms with Gasteiger partial charge in [-0.2, -0.15) is 0 Å². The largest absolute Gasteiger partial charge is 0.360 e. The van der Waals surface area contributed by atoms with Gasteiger partial charge < -0.3 is 4.52 Å². The van der Waals surface area contributed by atoms with Gasteiger partial charge in [-0.05, 0) is 25.0 Å². The van der Waals surface area contributed by atoms with Gasteiger partial charge in [0.15, 0.2) is 0 Å². The maximum absolute atomic E-state index is 5.16. The Labute approximate surface area is 100 Å². The van der Waals surface area contributed by atoms with Gasteiger partial charge in [0.1, 0.15) is 5.76 Å². The first-order chi connectivity index (χ1) is 7.75. The fraction of sp³-hybridized carbons (Fsp3) is 0.308. The molecule has 0 aliphatic rings. The summed E-state index contributed by atoms with van der Waals surface area (Å²) in [5, 5.41) is 3.87. The normalized spacial score (nSPS) is 10.6. The van der Waals surface area contributed by atoms with Crippen LogP contribution >= 0.6 is 11.8 Å². The van der Waals surface area contributed by atoms with Gasteiger partial charge in [-0.1, -0.05) is 29.4 Å². The minimum absolute atomic E-state index is 0.884. The van der Waals surface area contributed by atoms with Crippen LogP contribution in [0.4, 0.5) is 0 Å². The van der Waals surface area contributed by atoms with Crippen molar-refractivity contribution in [2.75, 3.05) is 0 Å². The molecule has 2 nitrogen and oxygen atoms in total. The Morgan fingerprint density at radius 3 is 2.69 bits per heavy atom. The molecule has 2 aromatic rings. The lowest BCUT2D eigenvalue weighted by molar-refractivity contribution is 0.391. The topological polar surface area (TPSA) is 26.0 Å². The molecule has 0 spiro atoms. The van der Waals surface area contributed by atoms with E-state index in [-0.39, 0.29) is 0 Å². The number of thioether (sulfide) groups is 1. The molecule has 0 aliphatic heterocycles. The van der Waals surface area contributed by atoms with Crippen LogP contribution in [0.1, 0.15) is 22.6 Å². The second kappa shape index (κ2) is 5.21. The van der Waals surface area contributed by atoms with Crippen molar-refractivity contribution in [1.29, 1.82) is 0 Å². The molecule has 0 N–H and O–H groups in total. The van der Waals surface area contributed by atoms with Gasteiger partial charge in [0, 0.05) is 11.8 Å². The molecular weight excluding hydrogens is 218 g/mol. The van der Waals surface area contributed by atoms with E-state index in [1.165, 1.54) is 11.1 Å². The third kappa shape index (κ3) is 2.89. The Kier molecular flexibility index (Phi) is 3.67. The molecule has 0 unspecified atom stereocenters. The molecule has 0 bridgehead atoms. The zero-order valence-corrected chi connectivity index (χ0v) is 10.4. The molecule has 0 saturated carbocycles. The summed E-state index contributed by atoms with van der Waals surface area (Å²) in [5.41, 5.74) is 3.69. The first kappa shape index (κ1) is 11.3. The number of rotatable bonds is 4. The maximum atomic E-state index is 5.16. The highest BCUT2D eigenvalue weighted by atomic mass is 32.2. The molecule has 0 amide bonds. The van der Waals surface area contributed by atoms with Gasteiger partial charge in [0.25, 0.3) is 0 Å². The van der Waals surface area contributed by atoms with Gasteiger partial charge in [-0.25, -0.2) is 0 Å². The van der Waals surface area contributed by atoms with Crippen LogP contribution in [0.5, 0.6) is 0 Å². The van der Waals surface area contributed by atoms with Crippen LogP contribution in [-0.2, 0) is 11.5 Å². The highest BCUT2D eigenvalue weighted by Crippen LogP contribution is 2.20. The van der Waals surface area contributed by atoms with Crippen LogP contribution in [0.15, 0.2) is 34.9 Å². The summed E-state index contributed by atoms with van der Waals surface area (Å²) in [6, 6.07) is 10.5. The maximum Gasteiger partial charge on any atom is 0.146 e. The predicted molar refractivity (Wildman–Crippen MR) is 67.4 cm³/mol. The highest BCUT2D eigenvalue weighted by molar-refractivity contribution is 7.97. The Morgan fingerprint density at radius 1 is 1.19 bits per heavy atom. The van der Waals surface area contributed by atoms with E-state index in [2.05, 4.69) is 36.3 Å². The van der Waals surface area contributed by atoms with E-state index in [0.29, 0.717) is 0 Å². The van der Waals surface area contributed by atoms with Gasteiger partial charge in [-0.15, -0.1) is 11.8 Å². The molecular formula is C13H15NOS. The van der Waals surface area contributed by atoms with Crippen LogP contribution < -0.4 is 0 Å². The Hall–Kier alpha value is -1.22. The van der Waals surface area contributed by atoms with Gasteiger partial charge in [0.05, 0.1) is 11.4 Å². The average molecular weight is 233 g/mol. The van der Waals surface area contributed by atoms with Gasteiger partial charge in [0.2, 0.25) is 0 Å². The Balaban J connectivity index is 1.87. The quantitative estimate of drug-likeness (QED) is 0.805. The second-order valence-electron chi connectivity index (χ2n) is 3.85. The number of nitrogens with zero attached hydrogens (tertiary/aromatic N) is 1. The molecule has 0 fully saturated rings. The molecule has 0 saturated heterocycles. The SMILES string of the molecule is Cc1cc(CSCc2ccccc2C)on1. The van der Waals surface area contributed by atoms with Crippen molar-refractivity contribution in [2.45, 2.75) is 25.4 Å². The summed E-state index contributed by atoms with van der Waals surface area (Å²) < 4.78 is 5.16. The lowest BCUT2D eigenvalue weighted by atomic mass is 10.1. The second-order valence-corrected chi connectivity index (χ2v) is 4.84. The minimum atomic E-state index is 0.884. The first-order valence-electron chi connectivity index (χ1n) is 5.30. The van der Waals surface area contributed by atoms with E-state index in [0.717, 1.165) is 23.0 Å². The van der Waals surface area contributed by atoms with Crippen LogP contribution in [0.2, 0.25) is 0 Å². The van der Waals surface area contributed by atoms with Crippen LogP contribution in [0, 0.1) is 13.8 Å². The fourth-order valence-electron chi connectivity index (χ4n) is 1.52. The summed E-state index contributed by atoms with van der Waals surface area (Å²) in [5.74, 6) is 2.86. The number of aromatic nitrogens is 1. The van der Waals surface area contributed by atoms with Crippen molar-refractivity contribution < 1.29 is 4.52 Å². The van der Waals surface area contributed by atoms with Crippen molar-refractivity contribution >= 4 is 11.8 Å². The number of hydrogen-bond acceptors (Lipinski definition) is 3. The smallest absolute Gasteiger partial charge is 0.146 e. The standard InChI is InChI=1S/C13H15NOS/c1-10-5-3-4-6-12(10)8-16-9-13-7-11(2)14-15-13/h3-7H,8-9H2,1-2H3. The molecule has 2 rings (SSSR count). The first-order valence-corrected chi connectivity index (χ1v) is 6.45. The fourth-order valence-corrected chi connectivity index (χ4v) is 2.50. The molecule has 1 aromatic heterocycles. The van der Waals surface area contributed by atoms with Crippen molar-refractivity contribution in [3.05, 3.63) is 52.9 Å². The molecule has 0 radical (unpaired) electrons. The van der Waals surface area contributed by atoms with Crippen molar-refractivity contribution in [3.8, 4) is 0 Å². The van der Waals surface area contributed by atoms with E-state index in [4.69, 9.17) is 4.52 Å². The minimum Gasteiger partial charge on any atom is -0.360 e. The molecule has 1 heterocycles. The molecule has 3 heteroatoms. The summed E-state index contributed by atoms with van der Waals surface area (Å²) in [6.45, 7) is 4.09. The molecule has 1 aromatic carbocycles. The van der Waals surface area contributed by atoms with Crippen LogP contribution in [0.25, 0.3) is 0 Å². The average Bonchev–Trinajstić information content (AvgIpc) is 2.67. The Morgan fingerprint density at radius 2 is 2.00 bits per heavy atom. The number of hydrogen-bond donors (Lipinski definition) is 0. The van der Waals surface area contributed by atoms with E-state index >= 15 is 0 Å². The van der Waals surface area contributed by atoms with Crippen molar-refractivity contribution in [1.82, 2.24) is 5.16 Å². The van der Waals surface area contributed by atoms with Crippen molar-refractivity contribution in [3.63, 3.8) is 0 Å². The monoisotopic (exact) mass is 233 g/mol. The van der Waals surface area contributed by atoms with E-state index in [1.807, 2.05) is 24.8 Å². The van der Waals surface area contributed by atoms with Crippen LogP contribution in [0.3, 0.4) is 0 Å². The lowest BCUT2D eigenvalue weighted by Crippen LogP contribution is -1.86. The van der Waals surface area contributed by atoms with Crippen molar-refractivity contribution in [2.24, 2.45) is 0 Å². The molecule has 84 valence electrons. The van der Waals surface area contributed by atoms with Gasteiger partial charge >= 0.3 is 0 Å². The van der Waals surface area contributed by atoms with E-state index < -0.39 is 0 Å². The van der Waals surface area contributed by atoms with E-state index in [1.54, 1.807) is 0 Å². The summed E-state index contributed by atoms with van der Waals surface area (Å²) in [6.07, 6.45) is 0. The Bertz CT molecular complexity index is 464. The third-order valence-corrected chi connectivity index (χ3v) is 3.44. The van der Waals surface area contributed by atoms with E-state index in [9.17, 15) is 0 Å². The lowest BCUT2D eigenvalue weighted by Gasteiger charge is -2.03. The zero-order valence-electron chi connectivity index (χ0n) is 9.56. The zero-order chi connectivity index (χ0) is 11.4. The molecule has 0 atom stereocenters. The van der Waals surface area contributed by atoms with Crippen LogP contribution in [-0.4, -0.2) is 5.16 Å². The highest BCUT2D eigenvalue weighted by Gasteiger charge is 2.02. The summed E-state index contributed by atoms with van der Waals surface area (Å²) in [4.78, 5) is 0. The molecule has 16 heavy (non-hydrogen) atoms. The summed E-state index contributed by atoms with van der Waals surface area (Å²) >= 11 is 1.85. The number of benzene rings is 1. The predicted octanol–water partition coefficient (Wildman–Crippen LogP) is 3.72. The molecule has 0 aliphatic carbocycles.